The molecule has 0 amide bonds. The number of hydrogen-bond acceptors (Lipinski definition) is 2. The summed E-state index contributed by atoms with van der Waals surface area (Å²) in [7, 11) is 0. The van der Waals surface area contributed by atoms with Gasteiger partial charge in [-0.05, 0) is 18.8 Å². The molecule has 0 radical (unpaired) electrons. The van der Waals surface area contributed by atoms with Crippen molar-refractivity contribution in [2.45, 2.75) is 25.4 Å². The largest absolute Gasteiger partial charge is 0.393 e. The molecule has 0 heterocycles. The van der Waals surface area contributed by atoms with Gasteiger partial charge in [-0.2, -0.15) is 0 Å². The SMILES string of the molecule is OC1CCCC1CNCCF. The minimum atomic E-state index is -0.317. The van der Waals surface area contributed by atoms with E-state index in [4.69, 9.17) is 0 Å². The molecule has 2 nitrogen and oxygen atoms in total. The molecular weight excluding hydrogens is 145 g/mol. The number of hydrogen-bond donors (Lipinski definition) is 2. The van der Waals surface area contributed by atoms with Crippen LogP contribution in [0.2, 0.25) is 0 Å². The van der Waals surface area contributed by atoms with Crippen LogP contribution in [0.1, 0.15) is 19.3 Å². The molecule has 1 aliphatic carbocycles. The van der Waals surface area contributed by atoms with Crippen molar-refractivity contribution in [1.82, 2.24) is 5.32 Å². The van der Waals surface area contributed by atoms with Crippen molar-refractivity contribution in [2.24, 2.45) is 5.92 Å². The van der Waals surface area contributed by atoms with Gasteiger partial charge in [-0.1, -0.05) is 6.42 Å². The van der Waals surface area contributed by atoms with Gasteiger partial charge < -0.3 is 10.4 Å². The Bertz CT molecular complexity index is 110. The molecule has 0 aromatic rings. The minimum Gasteiger partial charge on any atom is -0.393 e. The Morgan fingerprint density at radius 3 is 2.82 bits per heavy atom. The molecule has 1 fully saturated rings. The summed E-state index contributed by atoms with van der Waals surface area (Å²) in [6.45, 7) is 0.872. The van der Waals surface area contributed by atoms with E-state index in [2.05, 4.69) is 5.32 Å². The number of rotatable bonds is 4. The zero-order chi connectivity index (χ0) is 8.10. The normalized spacial score (nSPS) is 31.1. The maximum Gasteiger partial charge on any atom is 0.102 e. The van der Waals surface area contributed by atoms with E-state index in [0.29, 0.717) is 12.5 Å². The third-order valence-corrected chi connectivity index (χ3v) is 2.30. The second-order valence-electron chi connectivity index (χ2n) is 3.15. The molecule has 0 spiro atoms. The average Bonchev–Trinajstić information content (AvgIpc) is 2.37. The topological polar surface area (TPSA) is 32.3 Å². The van der Waals surface area contributed by atoms with Crippen LogP contribution >= 0.6 is 0 Å². The van der Waals surface area contributed by atoms with Gasteiger partial charge in [0.1, 0.15) is 6.67 Å². The number of nitrogens with one attached hydrogen (secondary N) is 1. The van der Waals surface area contributed by atoms with Gasteiger partial charge >= 0.3 is 0 Å². The van der Waals surface area contributed by atoms with E-state index in [1.165, 1.54) is 0 Å². The van der Waals surface area contributed by atoms with Crippen LogP contribution in [0.5, 0.6) is 0 Å². The van der Waals surface area contributed by atoms with Gasteiger partial charge in [0.05, 0.1) is 6.10 Å². The molecule has 1 aliphatic rings. The van der Waals surface area contributed by atoms with Gasteiger partial charge in [0.2, 0.25) is 0 Å². The van der Waals surface area contributed by atoms with E-state index < -0.39 is 0 Å². The lowest BCUT2D eigenvalue weighted by Crippen LogP contribution is -2.29. The van der Waals surface area contributed by atoms with Crippen LogP contribution in [0.4, 0.5) is 4.39 Å². The second kappa shape index (κ2) is 4.67. The highest BCUT2D eigenvalue weighted by Crippen LogP contribution is 2.24. The highest BCUT2D eigenvalue weighted by molar-refractivity contribution is 4.77. The smallest absolute Gasteiger partial charge is 0.102 e. The van der Waals surface area contributed by atoms with Gasteiger partial charge in [-0.3, -0.25) is 0 Å². The van der Waals surface area contributed by atoms with Gasteiger partial charge in [0.25, 0.3) is 0 Å². The molecule has 0 aromatic heterocycles. The Labute approximate surface area is 66.8 Å². The van der Waals surface area contributed by atoms with Crippen molar-refractivity contribution < 1.29 is 9.50 Å². The number of aliphatic hydroxyl groups excluding tert-OH is 1. The molecule has 3 heteroatoms. The van der Waals surface area contributed by atoms with Crippen LogP contribution in [-0.4, -0.2) is 31.0 Å². The molecule has 0 bridgehead atoms. The molecule has 0 aliphatic heterocycles. The lowest BCUT2D eigenvalue weighted by molar-refractivity contribution is 0.131. The Hall–Kier alpha value is -0.150. The third kappa shape index (κ3) is 2.75. The van der Waals surface area contributed by atoms with Gasteiger partial charge in [0, 0.05) is 13.1 Å². The quantitative estimate of drug-likeness (QED) is 0.595. The Balaban J connectivity index is 2.05. The predicted octanol–water partition coefficient (Wildman–Crippen LogP) is 0.707. The third-order valence-electron chi connectivity index (χ3n) is 2.30. The molecule has 1 rings (SSSR count). The maximum atomic E-state index is 11.6. The van der Waals surface area contributed by atoms with Crippen LogP contribution in [0.25, 0.3) is 0 Å². The van der Waals surface area contributed by atoms with Crippen molar-refractivity contribution in [1.29, 1.82) is 0 Å². The molecule has 0 saturated heterocycles. The summed E-state index contributed by atoms with van der Waals surface area (Å²) in [5.74, 6) is 0.363. The maximum absolute atomic E-state index is 11.6. The number of halogens is 1. The second-order valence-corrected chi connectivity index (χ2v) is 3.15. The summed E-state index contributed by atoms with van der Waals surface area (Å²) < 4.78 is 11.6. The lowest BCUT2D eigenvalue weighted by Gasteiger charge is -2.13. The van der Waals surface area contributed by atoms with E-state index in [1.54, 1.807) is 0 Å². The first-order valence-corrected chi connectivity index (χ1v) is 4.29. The first-order chi connectivity index (χ1) is 5.34. The Morgan fingerprint density at radius 2 is 2.27 bits per heavy atom. The Morgan fingerprint density at radius 1 is 1.45 bits per heavy atom. The van der Waals surface area contributed by atoms with Crippen LogP contribution < -0.4 is 5.32 Å². The van der Waals surface area contributed by atoms with Crippen molar-refractivity contribution in [3.63, 3.8) is 0 Å². The molecule has 0 aromatic carbocycles. The van der Waals surface area contributed by atoms with E-state index >= 15 is 0 Å². The number of aliphatic hydroxyl groups is 1. The first-order valence-electron chi connectivity index (χ1n) is 4.29. The summed E-state index contributed by atoms with van der Waals surface area (Å²) in [5.41, 5.74) is 0. The van der Waals surface area contributed by atoms with E-state index in [0.717, 1.165) is 25.8 Å². The van der Waals surface area contributed by atoms with Crippen LogP contribution in [0.3, 0.4) is 0 Å². The molecular formula is C8H16FNO. The number of alkyl halides is 1. The van der Waals surface area contributed by atoms with E-state index in [1.807, 2.05) is 0 Å². The summed E-state index contributed by atoms with van der Waals surface area (Å²) in [6, 6.07) is 0. The molecule has 1 saturated carbocycles. The predicted molar refractivity (Wildman–Crippen MR) is 42.2 cm³/mol. The van der Waals surface area contributed by atoms with Gasteiger partial charge in [-0.25, -0.2) is 4.39 Å². The fourth-order valence-corrected chi connectivity index (χ4v) is 1.61. The van der Waals surface area contributed by atoms with Crippen molar-refractivity contribution in [2.75, 3.05) is 19.8 Å². The van der Waals surface area contributed by atoms with Crippen LogP contribution in [0, 0.1) is 5.92 Å². The zero-order valence-corrected chi connectivity index (χ0v) is 6.72. The standard InChI is InChI=1S/C8H16FNO/c9-4-5-10-6-7-2-1-3-8(7)11/h7-8,10-11H,1-6H2. The highest BCUT2D eigenvalue weighted by atomic mass is 19.1. The Kier molecular flexibility index (Phi) is 3.80. The van der Waals surface area contributed by atoms with Gasteiger partial charge in [-0.15, -0.1) is 0 Å². The van der Waals surface area contributed by atoms with Gasteiger partial charge in [0.15, 0.2) is 0 Å². The van der Waals surface area contributed by atoms with Crippen LogP contribution in [0.15, 0.2) is 0 Å². The fraction of sp³-hybridized carbons (Fsp3) is 1.00. The van der Waals surface area contributed by atoms with Crippen molar-refractivity contribution >= 4 is 0 Å². The first kappa shape index (κ1) is 8.94. The highest BCUT2D eigenvalue weighted by Gasteiger charge is 2.24. The molecule has 11 heavy (non-hydrogen) atoms. The van der Waals surface area contributed by atoms with Crippen LogP contribution in [-0.2, 0) is 0 Å². The lowest BCUT2D eigenvalue weighted by atomic mass is 10.1. The summed E-state index contributed by atoms with van der Waals surface area (Å²) in [4.78, 5) is 0. The fourth-order valence-electron chi connectivity index (χ4n) is 1.61. The molecule has 66 valence electrons. The molecule has 2 atom stereocenters. The summed E-state index contributed by atoms with van der Waals surface area (Å²) >= 11 is 0. The monoisotopic (exact) mass is 161 g/mol. The summed E-state index contributed by atoms with van der Waals surface area (Å²) in [5, 5.41) is 12.3. The zero-order valence-electron chi connectivity index (χ0n) is 6.72. The van der Waals surface area contributed by atoms with E-state index in [9.17, 15) is 9.50 Å². The molecule has 2 N–H and O–H groups in total. The minimum absolute atomic E-state index is 0.151. The average molecular weight is 161 g/mol. The van der Waals surface area contributed by atoms with Crippen molar-refractivity contribution in [3.05, 3.63) is 0 Å². The van der Waals surface area contributed by atoms with E-state index in [-0.39, 0.29) is 12.8 Å². The molecule has 2 unspecified atom stereocenters. The summed E-state index contributed by atoms with van der Waals surface area (Å²) in [6.07, 6.45) is 2.97. The van der Waals surface area contributed by atoms with Crippen molar-refractivity contribution in [3.8, 4) is 0 Å².